The molecule has 1 aromatic heterocycles. The summed E-state index contributed by atoms with van der Waals surface area (Å²) in [6.07, 6.45) is 0. The molecule has 1 aliphatic rings. The number of pyridine rings is 1. The van der Waals surface area contributed by atoms with E-state index in [0.717, 1.165) is 11.0 Å². The van der Waals surface area contributed by atoms with Crippen LogP contribution in [0.5, 0.6) is 0 Å². The first-order valence-corrected chi connectivity index (χ1v) is 7.86. The predicted molar refractivity (Wildman–Crippen MR) is 83.6 cm³/mol. The molecule has 0 aliphatic carbocycles. The maximum atomic E-state index is 13.8. The van der Waals surface area contributed by atoms with Crippen molar-refractivity contribution in [3.8, 4) is 0 Å². The number of aromatic nitrogens is 1. The van der Waals surface area contributed by atoms with Crippen molar-refractivity contribution in [2.24, 2.45) is 0 Å². The van der Waals surface area contributed by atoms with Crippen LogP contribution in [0.1, 0.15) is 10.4 Å². The zero-order chi connectivity index (χ0) is 19.0. The molecule has 0 saturated carbocycles. The van der Waals surface area contributed by atoms with Crippen LogP contribution in [0.4, 0.5) is 27.6 Å². The van der Waals surface area contributed by atoms with Crippen LogP contribution in [0.25, 0.3) is 0 Å². The van der Waals surface area contributed by atoms with Gasteiger partial charge in [0.25, 0.3) is 17.8 Å². The minimum Gasteiger partial charge on any atom is -0.363 e. The quantitative estimate of drug-likeness (QED) is 0.581. The predicted octanol–water partition coefficient (Wildman–Crippen LogP) is 3.39. The van der Waals surface area contributed by atoms with E-state index in [2.05, 4.69) is 4.98 Å². The second-order valence-electron chi connectivity index (χ2n) is 5.57. The van der Waals surface area contributed by atoms with Crippen molar-refractivity contribution in [1.29, 1.82) is 0 Å². The molecule has 1 saturated heterocycles. The molecule has 0 N–H and O–H groups in total. The summed E-state index contributed by atoms with van der Waals surface area (Å²) < 4.78 is 67.9. The summed E-state index contributed by atoms with van der Waals surface area (Å²) in [6, 6.07) is 3.53. The molecule has 26 heavy (non-hydrogen) atoms. The molecule has 1 fully saturated rings. The third-order valence-corrected chi connectivity index (χ3v) is 4.25. The van der Waals surface area contributed by atoms with Crippen LogP contribution >= 0.6 is 11.6 Å². The number of rotatable bonds is 2. The van der Waals surface area contributed by atoms with Gasteiger partial charge in [0.05, 0.1) is 5.56 Å². The van der Waals surface area contributed by atoms with Crippen LogP contribution in [0, 0.1) is 29.3 Å². The number of piperazine rings is 1. The fourth-order valence-electron chi connectivity index (χ4n) is 2.72. The number of benzene rings is 1. The Labute approximate surface area is 149 Å². The average molecular weight is 392 g/mol. The second-order valence-corrected chi connectivity index (χ2v) is 6.01. The van der Waals surface area contributed by atoms with Crippen molar-refractivity contribution in [3.05, 3.63) is 58.1 Å². The zero-order valence-electron chi connectivity index (χ0n) is 13.1. The number of halogens is 6. The smallest absolute Gasteiger partial charge is 0.257 e. The maximum absolute atomic E-state index is 13.8. The number of amides is 1. The van der Waals surface area contributed by atoms with Crippen LogP contribution in [-0.2, 0) is 0 Å². The number of carbonyl (C=O) groups is 1. The molecule has 10 heteroatoms. The van der Waals surface area contributed by atoms with Crippen molar-refractivity contribution >= 4 is 23.2 Å². The van der Waals surface area contributed by atoms with Gasteiger partial charge >= 0.3 is 0 Å². The van der Waals surface area contributed by atoms with E-state index in [9.17, 15) is 26.7 Å². The minimum atomic E-state index is -1.75. The van der Waals surface area contributed by atoms with Crippen molar-refractivity contribution in [1.82, 2.24) is 9.88 Å². The highest BCUT2D eigenvalue weighted by Crippen LogP contribution is 2.27. The lowest BCUT2D eigenvalue weighted by atomic mass is 10.1. The molecule has 0 radical (unpaired) electrons. The van der Waals surface area contributed by atoms with Crippen molar-refractivity contribution in [2.45, 2.75) is 0 Å². The van der Waals surface area contributed by atoms with E-state index in [-0.39, 0.29) is 36.8 Å². The normalized spacial score (nSPS) is 14.7. The fourth-order valence-corrected chi connectivity index (χ4v) is 2.89. The summed E-state index contributed by atoms with van der Waals surface area (Å²) in [4.78, 5) is 17.2. The highest BCUT2D eigenvalue weighted by Gasteiger charge is 2.30. The van der Waals surface area contributed by atoms with Crippen LogP contribution in [0.2, 0.25) is 5.02 Å². The Bertz CT molecular complexity index is 845. The average Bonchev–Trinajstić information content (AvgIpc) is 2.62. The molecule has 1 aromatic carbocycles. The Morgan fingerprint density at radius 1 is 0.962 bits per heavy atom. The van der Waals surface area contributed by atoms with E-state index in [4.69, 9.17) is 11.6 Å². The van der Waals surface area contributed by atoms with E-state index < -0.39 is 40.9 Å². The summed E-state index contributed by atoms with van der Waals surface area (Å²) in [7, 11) is 0. The first-order chi connectivity index (χ1) is 12.3. The molecule has 0 atom stereocenters. The van der Waals surface area contributed by atoms with Crippen molar-refractivity contribution < 1.29 is 26.7 Å². The molecule has 1 amide bonds. The third-order valence-electron chi connectivity index (χ3n) is 4.02. The monoisotopic (exact) mass is 391 g/mol. The van der Waals surface area contributed by atoms with Gasteiger partial charge in [0.15, 0.2) is 0 Å². The van der Waals surface area contributed by atoms with Gasteiger partial charge in [0.2, 0.25) is 11.6 Å². The Morgan fingerprint density at radius 2 is 1.54 bits per heavy atom. The number of nitrogens with zero attached hydrogens (tertiary/aromatic N) is 3. The molecule has 0 spiro atoms. The fraction of sp³-hybridized carbons (Fsp3) is 0.250. The Hall–Kier alpha value is -2.42. The van der Waals surface area contributed by atoms with Gasteiger partial charge in [-0.3, -0.25) is 4.79 Å². The number of hydrogen-bond donors (Lipinski definition) is 0. The van der Waals surface area contributed by atoms with Crippen molar-refractivity contribution in [2.75, 3.05) is 31.1 Å². The molecular weight excluding hydrogens is 381 g/mol. The Morgan fingerprint density at radius 3 is 2.12 bits per heavy atom. The van der Waals surface area contributed by atoms with Gasteiger partial charge in [-0.05, 0) is 18.2 Å². The van der Waals surface area contributed by atoms with Gasteiger partial charge in [-0.25, -0.2) is 4.39 Å². The van der Waals surface area contributed by atoms with E-state index >= 15 is 0 Å². The largest absolute Gasteiger partial charge is 0.363 e. The standard InChI is InChI=1S/C16H11ClF5N3O/c17-8-1-2-10(18)9(7-8)16(26)25-5-3-24(4-6-25)13-11(19)14(21)23-15(22)12(13)20/h1-2,7H,3-6H2. The highest BCUT2D eigenvalue weighted by atomic mass is 35.5. The SMILES string of the molecule is O=C(c1cc(Cl)ccc1F)N1CCN(c2c(F)c(F)nc(F)c2F)CC1. The van der Waals surface area contributed by atoms with E-state index in [0.29, 0.717) is 0 Å². The highest BCUT2D eigenvalue weighted by molar-refractivity contribution is 6.31. The van der Waals surface area contributed by atoms with Crippen LogP contribution in [0.15, 0.2) is 18.2 Å². The van der Waals surface area contributed by atoms with Gasteiger partial charge < -0.3 is 9.80 Å². The molecule has 0 unspecified atom stereocenters. The topological polar surface area (TPSA) is 36.4 Å². The van der Waals surface area contributed by atoms with E-state index in [1.807, 2.05) is 0 Å². The second kappa shape index (κ2) is 7.06. The van der Waals surface area contributed by atoms with Crippen molar-refractivity contribution in [3.63, 3.8) is 0 Å². The summed E-state index contributed by atoms with van der Waals surface area (Å²) in [5, 5.41) is 0.181. The molecule has 4 nitrogen and oxygen atoms in total. The molecule has 0 bridgehead atoms. The molecule has 2 heterocycles. The number of carbonyl (C=O) groups excluding carboxylic acids is 1. The lowest BCUT2D eigenvalue weighted by Crippen LogP contribution is -2.49. The van der Waals surface area contributed by atoms with E-state index in [1.54, 1.807) is 0 Å². The first-order valence-electron chi connectivity index (χ1n) is 7.49. The zero-order valence-corrected chi connectivity index (χ0v) is 13.8. The number of hydrogen-bond acceptors (Lipinski definition) is 3. The molecule has 1 aliphatic heterocycles. The molecule has 138 valence electrons. The lowest BCUT2D eigenvalue weighted by Gasteiger charge is -2.36. The van der Waals surface area contributed by atoms with Gasteiger partial charge in [0, 0.05) is 31.2 Å². The number of anilines is 1. The summed E-state index contributed by atoms with van der Waals surface area (Å²) >= 11 is 5.76. The van der Waals surface area contributed by atoms with E-state index in [1.165, 1.54) is 17.0 Å². The Kier molecular flexibility index (Phi) is 4.99. The van der Waals surface area contributed by atoms with Gasteiger partial charge in [-0.15, -0.1) is 0 Å². The van der Waals surface area contributed by atoms with Crippen LogP contribution in [-0.4, -0.2) is 42.0 Å². The molecule has 2 aromatic rings. The Balaban J connectivity index is 1.78. The lowest BCUT2D eigenvalue weighted by molar-refractivity contribution is 0.0741. The summed E-state index contributed by atoms with van der Waals surface area (Å²) in [6.45, 7) is -0.278. The summed E-state index contributed by atoms with van der Waals surface area (Å²) in [5.74, 6) is -8.11. The third kappa shape index (κ3) is 3.31. The first kappa shape index (κ1) is 18.4. The van der Waals surface area contributed by atoms with Crippen LogP contribution < -0.4 is 4.90 Å². The minimum absolute atomic E-state index is 0.0325. The van der Waals surface area contributed by atoms with Gasteiger partial charge in [-0.2, -0.15) is 22.5 Å². The van der Waals surface area contributed by atoms with Crippen LogP contribution in [0.3, 0.4) is 0 Å². The maximum Gasteiger partial charge on any atom is 0.257 e. The van der Waals surface area contributed by atoms with Gasteiger partial charge in [-0.1, -0.05) is 11.6 Å². The molecule has 3 rings (SSSR count). The summed E-state index contributed by atoms with van der Waals surface area (Å²) in [5.41, 5.74) is -1.11. The van der Waals surface area contributed by atoms with Gasteiger partial charge in [0.1, 0.15) is 11.5 Å². The molecular formula is C16H11ClF5N3O.